The number of aromatic hydroxyl groups is 1. The van der Waals surface area contributed by atoms with Gasteiger partial charge in [0, 0.05) is 23.9 Å². The lowest BCUT2D eigenvalue weighted by atomic mass is 9.86. The van der Waals surface area contributed by atoms with Crippen LogP contribution in [0.15, 0.2) is 30.5 Å². The van der Waals surface area contributed by atoms with Crippen molar-refractivity contribution in [2.45, 2.75) is 51.5 Å². The van der Waals surface area contributed by atoms with Gasteiger partial charge in [-0.3, -0.25) is 9.48 Å². The number of phenols is 1. The maximum absolute atomic E-state index is 11.3. The van der Waals surface area contributed by atoms with Gasteiger partial charge < -0.3 is 5.11 Å². The average molecular weight is 312 g/mol. The number of carbonyl (C=O) groups is 1. The summed E-state index contributed by atoms with van der Waals surface area (Å²) in [4.78, 5) is 11.3. The predicted molar refractivity (Wildman–Crippen MR) is 89.9 cm³/mol. The van der Waals surface area contributed by atoms with Gasteiger partial charge >= 0.3 is 0 Å². The Hall–Kier alpha value is -2.10. The van der Waals surface area contributed by atoms with E-state index in [1.165, 1.54) is 12.1 Å². The number of benzene rings is 1. The van der Waals surface area contributed by atoms with E-state index in [1.807, 2.05) is 18.3 Å². The second kappa shape index (κ2) is 6.57. The van der Waals surface area contributed by atoms with E-state index in [2.05, 4.69) is 29.7 Å². The molecule has 4 nitrogen and oxygen atoms in total. The Labute approximate surface area is 137 Å². The number of nitrogens with zero attached hydrogens (tertiary/aromatic N) is 2. The average Bonchev–Trinajstić information content (AvgIpc) is 3.15. The topological polar surface area (TPSA) is 55.1 Å². The third kappa shape index (κ3) is 3.03. The Morgan fingerprint density at radius 1 is 1.35 bits per heavy atom. The number of aldehydes is 1. The zero-order valence-corrected chi connectivity index (χ0v) is 13.8. The molecule has 0 spiro atoms. The van der Waals surface area contributed by atoms with Crippen LogP contribution in [0, 0.1) is 5.92 Å². The largest absolute Gasteiger partial charge is 0.507 e. The second-order valence-corrected chi connectivity index (χ2v) is 6.76. The van der Waals surface area contributed by atoms with Crippen LogP contribution < -0.4 is 0 Å². The molecule has 1 heterocycles. The Bertz CT molecular complexity index is 690. The summed E-state index contributed by atoms with van der Waals surface area (Å²) < 4.78 is 2.12. The predicted octanol–water partition coefficient (Wildman–Crippen LogP) is 4.11. The maximum atomic E-state index is 11.3. The van der Waals surface area contributed by atoms with Crippen molar-refractivity contribution in [2.75, 3.05) is 0 Å². The maximum Gasteiger partial charge on any atom is 0.154 e. The van der Waals surface area contributed by atoms with Gasteiger partial charge in [0.2, 0.25) is 0 Å². The molecule has 1 saturated carbocycles. The molecular weight excluding hydrogens is 288 g/mol. The van der Waals surface area contributed by atoms with Gasteiger partial charge in [-0.05, 0) is 56.7 Å². The van der Waals surface area contributed by atoms with Crippen molar-refractivity contribution in [2.24, 2.45) is 5.92 Å². The van der Waals surface area contributed by atoms with Crippen LogP contribution in [0.2, 0.25) is 0 Å². The fraction of sp³-hybridized carbons (Fsp3) is 0.474. The normalized spacial score (nSPS) is 21.0. The van der Waals surface area contributed by atoms with Gasteiger partial charge in [-0.1, -0.05) is 18.6 Å². The summed E-state index contributed by atoms with van der Waals surface area (Å²) in [6, 6.07) is 7.84. The number of hydrogen-bond donors (Lipinski definition) is 1. The minimum atomic E-state index is 0.0827. The van der Waals surface area contributed by atoms with Crippen molar-refractivity contribution in [1.82, 2.24) is 9.78 Å². The van der Waals surface area contributed by atoms with E-state index >= 15 is 0 Å². The highest BCUT2D eigenvalue weighted by Crippen LogP contribution is 2.42. The van der Waals surface area contributed by atoms with Gasteiger partial charge in [-0.15, -0.1) is 0 Å². The number of hydrogen-bond acceptors (Lipinski definition) is 3. The molecule has 2 aromatic rings. The molecule has 23 heavy (non-hydrogen) atoms. The third-order valence-electron chi connectivity index (χ3n) is 5.00. The number of carbonyl (C=O) groups excluding carboxylic acids is 1. The molecule has 3 rings (SSSR count). The van der Waals surface area contributed by atoms with Crippen molar-refractivity contribution < 1.29 is 9.90 Å². The molecule has 2 atom stereocenters. The molecule has 1 aromatic heterocycles. The highest BCUT2D eigenvalue weighted by molar-refractivity contribution is 5.81. The van der Waals surface area contributed by atoms with Crippen LogP contribution in [0.3, 0.4) is 0 Å². The van der Waals surface area contributed by atoms with Crippen molar-refractivity contribution in [3.8, 4) is 5.75 Å². The van der Waals surface area contributed by atoms with E-state index < -0.39 is 0 Å². The SMILES string of the molecule is CC(C)n1nccc1C1CCCC1Cc1cccc(O)c1C=O. The molecule has 1 fully saturated rings. The first-order chi connectivity index (χ1) is 11.1. The summed E-state index contributed by atoms with van der Waals surface area (Å²) in [5.74, 6) is 1.05. The van der Waals surface area contributed by atoms with Crippen LogP contribution in [-0.2, 0) is 6.42 Å². The van der Waals surface area contributed by atoms with Crippen LogP contribution in [0.4, 0.5) is 0 Å². The van der Waals surface area contributed by atoms with Gasteiger partial charge in [-0.25, -0.2) is 0 Å². The Morgan fingerprint density at radius 2 is 2.17 bits per heavy atom. The van der Waals surface area contributed by atoms with E-state index in [0.29, 0.717) is 23.4 Å². The Kier molecular flexibility index (Phi) is 4.51. The smallest absolute Gasteiger partial charge is 0.154 e. The van der Waals surface area contributed by atoms with Crippen LogP contribution in [0.5, 0.6) is 5.75 Å². The zero-order chi connectivity index (χ0) is 16.4. The quantitative estimate of drug-likeness (QED) is 0.845. The standard InChI is InChI=1S/C19H24N2O2/c1-13(2)21-18(9-10-20-21)16-7-3-5-14(16)11-15-6-4-8-19(23)17(15)12-22/h4,6,8-10,12-14,16,23H,3,5,7,11H2,1-2H3. The van der Waals surface area contributed by atoms with Crippen LogP contribution in [0.1, 0.15) is 66.7 Å². The molecule has 2 unspecified atom stereocenters. The van der Waals surface area contributed by atoms with Gasteiger partial charge in [0.05, 0.1) is 5.56 Å². The fourth-order valence-corrected chi connectivity index (χ4v) is 3.92. The molecule has 0 aliphatic heterocycles. The molecule has 0 radical (unpaired) electrons. The van der Waals surface area contributed by atoms with E-state index in [4.69, 9.17) is 0 Å². The lowest BCUT2D eigenvalue weighted by Gasteiger charge is -2.23. The molecule has 0 saturated heterocycles. The first-order valence-electron chi connectivity index (χ1n) is 8.41. The minimum absolute atomic E-state index is 0.0827. The third-order valence-corrected chi connectivity index (χ3v) is 5.00. The van der Waals surface area contributed by atoms with Gasteiger partial charge in [0.25, 0.3) is 0 Å². The number of phenolic OH excluding ortho intramolecular Hbond substituents is 1. The summed E-state index contributed by atoms with van der Waals surface area (Å²) in [5, 5.41) is 14.4. The second-order valence-electron chi connectivity index (χ2n) is 6.76. The highest BCUT2D eigenvalue weighted by atomic mass is 16.3. The zero-order valence-electron chi connectivity index (χ0n) is 13.8. The van der Waals surface area contributed by atoms with E-state index in [1.54, 1.807) is 6.07 Å². The fourth-order valence-electron chi connectivity index (χ4n) is 3.92. The molecular formula is C19H24N2O2. The first-order valence-corrected chi connectivity index (χ1v) is 8.41. The summed E-state index contributed by atoms with van der Waals surface area (Å²) in [6.45, 7) is 4.31. The Balaban J connectivity index is 1.87. The summed E-state index contributed by atoms with van der Waals surface area (Å²) in [5.41, 5.74) is 2.69. The molecule has 122 valence electrons. The number of rotatable bonds is 5. The molecule has 0 amide bonds. The number of aromatic nitrogens is 2. The summed E-state index contributed by atoms with van der Waals surface area (Å²) in [7, 11) is 0. The Morgan fingerprint density at radius 3 is 2.91 bits per heavy atom. The summed E-state index contributed by atoms with van der Waals surface area (Å²) in [6.07, 6.45) is 7.01. The van der Waals surface area contributed by atoms with E-state index in [9.17, 15) is 9.90 Å². The van der Waals surface area contributed by atoms with Gasteiger partial charge in [0.15, 0.2) is 6.29 Å². The molecule has 0 bridgehead atoms. The minimum Gasteiger partial charge on any atom is -0.507 e. The van der Waals surface area contributed by atoms with E-state index in [-0.39, 0.29) is 5.75 Å². The van der Waals surface area contributed by atoms with E-state index in [0.717, 1.165) is 31.1 Å². The van der Waals surface area contributed by atoms with Gasteiger partial charge in [0.1, 0.15) is 5.75 Å². The van der Waals surface area contributed by atoms with Crippen molar-refractivity contribution in [3.63, 3.8) is 0 Å². The van der Waals surface area contributed by atoms with Crippen molar-refractivity contribution in [1.29, 1.82) is 0 Å². The molecule has 1 N–H and O–H groups in total. The lowest BCUT2D eigenvalue weighted by molar-refractivity contribution is 0.112. The van der Waals surface area contributed by atoms with Crippen molar-refractivity contribution >= 4 is 6.29 Å². The van der Waals surface area contributed by atoms with Crippen LogP contribution in [-0.4, -0.2) is 21.2 Å². The van der Waals surface area contributed by atoms with Crippen LogP contribution >= 0.6 is 0 Å². The highest BCUT2D eigenvalue weighted by Gasteiger charge is 2.32. The summed E-state index contributed by atoms with van der Waals surface area (Å²) >= 11 is 0. The first kappa shape index (κ1) is 15.8. The van der Waals surface area contributed by atoms with Crippen molar-refractivity contribution in [3.05, 3.63) is 47.3 Å². The molecule has 1 aromatic carbocycles. The van der Waals surface area contributed by atoms with Gasteiger partial charge in [-0.2, -0.15) is 5.10 Å². The monoisotopic (exact) mass is 312 g/mol. The molecule has 1 aliphatic carbocycles. The molecule has 4 heteroatoms. The molecule has 1 aliphatic rings. The lowest BCUT2D eigenvalue weighted by Crippen LogP contribution is -2.16. The van der Waals surface area contributed by atoms with Crippen LogP contribution in [0.25, 0.3) is 0 Å².